The maximum absolute atomic E-state index is 11.9. The molecule has 17 heavy (non-hydrogen) atoms. The summed E-state index contributed by atoms with van der Waals surface area (Å²) in [5, 5.41) is 11.8. The molecule has 3 nitrogen and oxygen atoms in total. The van der Waals surface area contributed by atoms with Crippen LogP contribution < -0.4 is 5.32 Å². The van der Waals surface area contributed by atoms with Crippen molar-refractivity contribution in [2.45, 2.75) is 26.8 Å². The Bertz CT molecular complexity index is 440. The van der Waals surface area contributed by atoms with Gasteiger partial charge in [0.1, 0.15) is 6.04 Å². The van der Waals surface area contributed by atoms with Gasteiger partial charge in [-0.3, -0.25) is 4.79 Å². The zero-order valence-electron chi connectivity index (χ0n) is 10.1. The smallest absolute Gasteiger partial charge is 0.252 e. The van der Waals surface area contributed by atoms with E-state index < -0.39 is 6.04 Å². The highest BCUT2D eigenvalue weighted by Crippen LogP contribution is 2.19. The summed E-state index contributed by atoms with van der Waals surface area (Å²) in [6.45, 7) is 5.78. The van der Waals surface area contributed by atoms with Gasteiger partial charge in [-0.2, -0.15) is 5.26 Å². The maximum atomic E-state index is 11.9. The number of carbonyl (C=O) groups excluding carboxylic acids is 1. The Kier molecular flexibility index (Phi) is 4.52. The number of hydrogen-bond donors (Lipinski definition) is 1. The van der Waals surface area contributed by atoms with Crippen molar-refractivity contribution in [3.8, 4) is 6.07 Å². The monoisotopic (exact) mass is 342 g/mol. The summed E-state index contributed by atoms with van der Waals surface area (Å²) >= 11 is 2.18. The number of nitrogens with one attached hydrogen (secondary N) is 1. The minimum absolute atomic E-state index is 0.206. The van der Waals surface area contributed by atoms with Crippen LogP contribution in [0, 0.1) is 20.3 Å². The molecule has 1 amide bonds. The zero-order valence-corrected chi connectivity index (χ0v) is 12.3. The number of amides is 1. The quantitative estimate of drug-likeness (QED) is 0.840. The van der Waals surface area contributed by atoms with Crippen molar-refractivity contribution in [2.24, 2.45) is 5.41 Å². The summed E-state index contributed by atoms with van der Waals surface area (Å²) < 4.78 is 1.08. The number of halogens is 1. The van der Waals surface area contributed by atoms with Gasteiger partial charge in [0, 0.05) is 9.13 Å². The van der Waals surface area contributed by atoms with E-state index in [1.807, 2.05) is 32.9 Å². The van der Waals surface area contributed by atoms with Gasteiger partial charge in [-0.05, 0) is 52.3 Å². The third-order valence-electron chi connectivity index (χ3n) is 2.38. The highest BCUT2D eigenvalue weighted by atomic mass is 127. The van der Waals surface area contributed by atoms with E-state index in [0.29, 0.717) is 5.56 Å². The summed E-state index contributed by atoms with van der Waals surface area (Å²) in [5.74, 6) is -0.206. The Labute approximate surface area is 115 Å². The third-order valence-corrected chi connectivity index (χ3v) is 3.10. The fourth-order valence-corrected chi connectivity index (χ4v) is 1.62. The molecule has 1 aromatic rings. The van der Waals surface area contributed by atoms with Crippen LogP contribution in [0.3, 0.4) is 0 Å². The molecule has 1 aromatic carbocycles. The van der Waals surface area contributed by atoms with Crippen LogP contribution >= 0.6 is 22.6 Å². The van der Waals surface area contributed by atoms with Gasteiger partial charge >= 0.3 is 0 Å². The van der Waals surface area contributed by atoms with Gasteiger partial charge in [0.05, 0.1) is 6.07 Å². The number of rotatable bonds is 2. The van der Waals surface area contributed by atoms with Crippen LogP contribution in [0.1, 0.15) is 31.1 Å². The number of nitriles is 1. The van der Waals surface area contributed by atoms with Gasteiger partial charge in [-0.25, -0.2) is 0 Å². The second-order valence-corrected chi connectivity index (χ2v) is 6.15. The van der Waals surface area contributed by atoms with Crippen molar-refractivity contribution in [2.75, 3.05) is 0 Å². The van der Waals surface area contributed by atoms with Gasteiger partial charge in [-0.1, -0.05) is 20.8 Å². The van der Waals surface area contributed by atoms with Crippen molar-refractivity contribution in [1.82, 2.24) is 5.32 Å². The molecular weight excluding hydrogens is 327 g/mol. The fourth-order valence-electron chi connectivity index (χ4n) is 1.26. The molecule has 1 rings (SSSR count). The molecule has 4 heteroatoms. The standard InChI is InChI=1S/C13H15IN2O/c1-13(2,3)11(8-15)16-12(17)9-4-6-10(14)7-5-9/h4-7,11H,1-3H3,(H,16,17)/t11-/m0/s1. The lowest BCUT2D eigenvalue weighted by molar-refractivity contribution is 0.0922. The predicted octanol–water partition coefficient (Wildman–Crippen LogP) is 2.96. The maximum Gasteiger partial charge on any atom is 0.252 e. The molecule has 0 aliphatic heterocycles. The minimum atomic E-state index is -0.491. The highest BCUT2D eigenvalue weighted by molar-refractivity contribution is 14.1. The van der Waals surface area contributed by atoms with Gasteiger partial charge in [0.2, 0.25) is 0 Å². The zero-order chi connectivity index (χ0) is 13.1. The minimum Gasteiger partial charge on any atom is -0.336 e. The van der Waals surface area contributed by atoms with E-state index in [9.17, 15) is 4.79 Å². The van der Waals surface area contributed by atoms with Gasteiger partial charge in [0.15, 0.2) is 0 Å². The Hall–Kier alpha value is -1.09. The van der Waals surface area contributed by atoms with E-state index in [1.54, 1.807) is 12.1 Å². The molecule has 0 bridgehead atoms. The summed E-state index contributed by atoms with van der Waals surface area (Å²) in [6.07, 6.45) is 0. The molecular formula is C13H15IN2O. The Morgan fingerprint density at radius 2 is 1.88 bits per heavy atom. The van der Waals surface area contributed by atoms with E-state index in [0.717, 1.165) is 3.57 Å². The number of hydrogen-bond acceptors (Lipinski definition) is 2. The molecule has 0 heterocycles. The van der Waals surface area contributed by atoms with E-state index in [4.69, 9.17) is 5.26 Å². The van der Waals surface area contributed by atoms with Gasteiger partial charge in [-0.15, -0.1) is 0 Å². The second-order valence-electron chi connectivity index (χ2n) is 4.91. The van der Waals surface area contributed by atoms with Gasteiger partial charge in [0.25, 0.3) is 5.91 Å². The lowest BCUT2D eigenvalue weighted by atomic mass is 9.87. The van der Waals surface area contributed by atoms with Crippen LogP contribution in [0.2, 0.25) is 0 Å². The molecule has 0 saturated carbocycles. The van der Waals surface area contributed by atoms with Crippen LogP contribution in [0.25, 0.3) is 0 Å². The van der Waals surface area contributed by atoms with Crippen molar-refractivity contribution in [3.63, 3.8) is 0 Å². The van der Waals surface area contributed by atoms with Crippen molar-refractivity contribution in [1.29, 1.82) is 5.26 Å². The number of carbonyl (C=O) groups is 1. The summed E-state index contributed by atoms with van der Waals surface area (Å²) in [6, 6.07) is 8.88. The molecule has 0 fully saturated rings. The molecule has 1 N–H and O–H groups in total. The first kappa shape index (κ1) is 14.0. The molecule has 90 valence electrons. The van der Waals surface area contributed by atoms with Crippen molar-refractivity contribution >= 4 is 28.5 Å². The van der Waals surface area contributed by atoms with Crippen LogP contribution in [0.15, 0.2) is 24.3 Å². The molecule has 0 aliphatic rings. The topological polar surface area (TPSA) is 52.9 Å². The summed E-state index contributed by atoms with van der Waals surface area (Å²) in [5.41, 5.74) is 0.308. The first-order valence-corrected chi connectivity index (χ1v) is 6.38. The van der Waals surface area contributed by atoms with Crippen LogP contribution in [-0.4, -0.2) is 11.9 Å². The summed E-state index contributed by atoms with van der Waals surface area (Å²) in [7, 11) is 0. The number of benzene rings is 1. The SMILES string of the molecule is CC(C)(C)[C@H](C#N)NC(=O)c1ccc(I)cc1. The van der Waals surface area contributed by atoms with Crippen LogP contribution in [0.5, 0.6) is 0 Å². The largest absolute Gasteiger partial charge is 0.336 e. The van der Waals surface area contributed by atoms with E-state index >= 15 is 0 Å². The molecule has 0 aromatic heterocycles. The van der Waals surface area contributed by atoms with Crippen molar-refractivity contribution in [3.05, 3.63) is 33.4 Å². The Morgan fingerprint density at radius 1 is 1.35 bits per heavy atom. The number of nitrogens with zero attached hydrogens (tertiary/aromatic N) is 1. The molecule has 0 radical (unpaired) electrons. The fraction of sp³-hybridized carbons (Fsp3) is 0.385. The molecule has 1 atom stereocenters. The van der Waals surface area contributed by atoms with Gasteiger partial charge < -0.3 is 5.32 Å². The molecule has 0 spiro atoms. The third kappa shape index (κ3) is 4.00. The first-order valence-electron chi connectivity index (χ1n) is 5.30. The van der Waals surface area contributed by atoms with E-state index in [2.05, 4.69) is 34.0 Å². The highest BCUT2D eigenvalue weighted by Gasteiger charge is 2.26. The molecule has 0 aliphatic carbocycles. The first-order chi connectivity index (χ1) is 7.84. The molecule has 0 saturated heterocycles. The van der Waals surface area contributed by atoms with Crippen LogP contribution in [0.4, 0.5) is 0 Å². The van der Waals surface area contributed by atoms with Crippen molar-refractivity contribution < 1.29 is 4.79 Å². The Morgan fingerprint density at radius 3 is 2.29 bits per heavy atom. The summed E-state index contributed by atoms with van der Waals surface area (Å²) in [4.78, 5) is 11.9. The average molecular weight is 342 g/mol. The molecule has 0 unspecified atom stereocenters. The normalized spacial score (nSPS) is 12.6. The lowest BCUT2D eigenvalue weighted by Crippen LogP contribution is -2.42. The predicted molar refractivity (Wildman–Crippen MR) is 75.5 cm³/mol. The second kappa shape index (κ2) is 5.50. The van der Waals surface area contributed by atoms with E-state index in [-0.39, 0.29) is 11.3 Å². The lowest BCUT2D eigenvalue weighted by Gasteiger charge is -2.25. The van der Waals surface area contributed by atoms with E-state index in [1.165, 1.54) is 0 Å². The Balaban J connectivity index is 2.79. The average Bonchev–Trinajstić information content (AvgIpc) is 2.24. The van der Waals surface area contributed by atoms with Crippen LogP contribution in [-0.2, 0) is 0 Å².